The van der Waals surface area contributed by atoms with Crippen molar-refractivity contribution < 1.29 is 19.8 Å². The summed E-state index contributed by atoms with van der Waals surface area (Å²) in [5.74, 6) is -1.67. The van der Waals surface area contributed by atoms with Gasteiger partial charge < -0.3 is 30.5 Å². The van der Waals surface area contributed by atoms with Crippen LogP contribution in [0.5, 0.6) is 0 Å². The van der Waals surface area contributed by atoms with E-state index in [0.29, 0.717) is 12.8 Å². The maximum atomic E-state index is 11.7. The van der Waals surface area contributed by atoms with Crippen LogP contribution in [0.2, 0.25) is 0 Å². The van der Waals surface area contributed by atoms with Gasteiger partial charge in [-0.05, 0) is 122 Å². The predicted molar refractivity (Wildman–Crippen MR) is 190 cm³/mol. The first-order chi connectivity index (χ1) is 23.0. The van der Waals surface area contributed by atoms with Gasteiger partial charge in [0, 0.05) is 57.9 Å². The second-order valence-corrected chi connectivity index (χ2v) is 13.2. The Bertz CT molecular complexity index is 2090. The Morgan fingerprint density at radius 1 is 0.688 bits per heavy atom. The van der Waals surface area contributed by atoms with Crippen molar-refractivity contribution in [2.24, 2.45) is 0 Å². The second-order valence-electron chi connectivity index (χ2n) is 13.2. The molecule has 5 heterocycles. The van der Waals surface area contributed by atoms with Gasteiger partial charge in [0.15, 0.2) is 0 Å². The second kappa shape index (κ2) is 13.3. The third-order valence-corrected chi connectivity index (χ3v) is 10.5. The summed E-state index contributed by atoms with van der Waals surface area (Å²) in [6.07, 6.45) is 8.90. The van der Waals surface area contributed by atoms with Gasteiger partial charge in [0.1, 0.15) is 0 Å². The number of aromatic amines is 3. The SMILES string of the molecule is CCC1=C(C)/C2=C/c3[nH]c(c(CCC(=O)O)c3C)/C=c3\[nH]/c(c(C)c3CCC(=O)O)=C\c3[nH]c(c(C)c3CC)C(c3ccccc3)C1N2. The fourth-order valence-electron chi connectivity index (χ4n) is 7.88. The Balaban J connectivity index is 1.70. The first-order valence-electron chi connectivity index (χ1n) is 17.0. The predicted octanol–water partition coefficient (Wildman–Crippen LogP) is 6.04. The number of hydrogen-bond acceptors (Lipinski definition) is 3. The summed E-state index contributed by atoms with van der Waals surface area (Å²) in [6.45, 7) is 12.9. The molecule has 6 N–H and O–H groups in total. The molecule has 2 unspecified atom stereocenters. The molecule has 8 nitrogen and oxygen atoms in total. The largest absolute Gasteiger partial charge is 0.481 e. The van der Waals surface area contributed by atoms with E-state index in [4.69, 9.17) is 0 Å². The number of aromatic nitrogens is 3. The Kier molecular flexibility index (Phi) is 9.10. The van der Waals surface area contributed by atoms with Gasteiger partial charge in [-0.15, -0.1) is 0 Å². The van der Waals surface area contributed by atoms with Crippen LogP contribution in [-0.4, -0.2) is 43.1 Å². The standard InChI is InChI=1S/C40H46N4O4/c1-7-26-24(6)39-38(25-12-10-9-11-13-25)40-27(8-2)21(3)32(43-40)18-30-22(4)28(14-16-36(45)46)34(41-30)20-35-29(15-17-37(47)48)23(5)31(42-35)19-33(26)44-39/h9-13,18-20,38,40-44H,7-8,14-17H2,1-6H3,(H,45,46)(H,47,48)/b31-19-,32-18-,35-20-. The van der Waals surface area contributed by atoms with E-state index in [-0.39, 0.29) is 24.8 Å². The van der Waals surface area contributed by atoms with Crippen LogP contribution in [0.1, 0.15) is 108 Å². The van der Waals surface area contributed by atoms with E-state index in [0.717, 1.165) is 68.6 Å². The minimum atomic E-state index is -0.848. The summed E-state index contributed by atoms with van der Waals surface area (Å²) in [7, 11) is 0. The molecule has 0 saturated carbocycles. The molecule has 2 aliphatic heterocycles. The molecular formula is C40H46N4O4. The van der Waals surface area contributed by atoms with Crippen LogP contribution in [-0.2, 0) is 28.9 Å². The molecule has 4 aromatic rings. The molecular weight excluding hydrogens is 600 g/mol. The summed E-state index contributed by atoms with van der Waals surface area (Å²) >= 11 is 0. The van der Waals surface area contributed by atoms with E-state index in [1.54, 1.807) is 0 Å². The summed E-state index contributed by atoms with van der Waals surface area (Å²) in [6, 6.07) is 10.7. The third-order valence-electron chi connectivity index (χ3n) is 10.5. The van der Waals surface area contributed by atoms with Crippen molar-refractivity contribution in [2.75, 3.05) is 0 Å². The molecule has 3 aromatic heterocycles. The molecule has 250 valence electrons. The molecule has 0 radical (unpaired) electrons. The molecule has 2 atom stereocenters. The van der Waals surface area contributed by atoms with Crippen molar-refractivity contribution >= 4 is 30.2 Å². The van der Waals surface area contributed by atoms with Crippen molar-refractivity contribution in [3.05, 3.63) is 120 Å². The van der Waals surface area contributed by atoms with E-state index in [2.05, 4.69) is 90.4 Å². The molecule has 0 fully saturated rings. The monoisotopic (exact) mass is 646 g/mol. The lowest BCUT2D eigenvalue weighted by atomic mass is 9.82. The van der Waals surface area contributed by atoms with E-state index >= 15 is 0 Å². The van der Waals surface area contributed by atoms with Crippen LogP contribution >= 0.6 is 0 Å². The van der Waals surface area contributed by atoms with Crippen LogP contribution in [0, 0.1) is 20.8 Å². The number of hydrogen-bond donors (Lipinski definition) is 6. The Morgan fingerprint density at radius 2 is 1.33 bits per heavy atom. The lowest BCUT2D eigenvalue weighted by molar-refractivity contribution is -0.138. The van der Waals surface area contributed by atoms with Gasteiger partial charge in [0.05, 0.1) is 6.04 Å². The summed E-state index contributed by atoms with van der Waals surface area (Å²) in [5.41, 5.74) is 15.3. The molecule has 0 amide bonds. The number of nitrogens with one attached hydrogen (secondary N) is 4. The first-order valence-corrected chi connectivity index (χ1v) is 17.0. The number of carboxylic acid groups (broad SMARTS) is 2. The highest BCUT2D eigenvalue weighted by Crippen LogP contribution is 2.41. The number of H-pyrrole nitrogens is 3. The van der Waals surface area contributed by atoms with Crippen molar-refractivity contribution in [1.29, 1.82) is 0 Å². The molecule has 8 heteroatoms. The highest BCUT2D eigenvalue weighted by atomic mass is 16.4. The number of fused-ring (bicyclic) bond motifs is 8. The number of allylic oxidation sites excluding steroid dienone is 1. The summed E-state index contributed by atoms with van der Waals surface area (Å²) in [4.78, 5) is 34.6. The highest BCUT2D eigenvalue weighted by Gasteiger charge is 2.36. The highest BCUT2D eigenvalue weighted by molar-refractivity contribution is 5.71. The Morgan fingerprint density at radius 3 is 1.98 bits per heavy atom. The average Bonchev–Trinajstić information content (AvgIpc) is 3.72. The van der Waals surface area contributed by atoms with Gasteiger partial charge >= 0.3 is 11.9 Å². The quantitative estimate of drug-likeness (QED) is 0.132. The maximum Gasteiger partial charge on any atom is 0.303 e. The molecule has 6 rings (SSSR count). The number of aliphatic carboxylic acids is 2. The van der Waals surface area contributed by atoms with Crippen LogP contribution < -0.4 is 16.0 Å². The molecule has 48 heavy (non-hydrogen) atoms. The van der Waals surface area contributed by atoms with E-state index in [9.17, 15) is 19.8 Å². The van der Waals surface area contributed by atoms with Crippen molar-refractivity contribution in [2.45, 2.75) is 92.0 Å². The van der Waals surface area contributed by atoms with Crippen molar-refractivity contribution in [3.63, 3.8) is 0 Å². The maximum absolute atomic E-state index is 11.7. The van der Waals surface area contributed by atoms with Gasteiger partial charge in [-0.2, -0.15) is 0 Å². The van der Waals surface area contributed by atoms with Crippen LogP contribution in [0.3, 0.4) is 0 Å². The molecule has 8 bridgehead atoms. The first kappa shape index (κ1) is 32.9. The zero-order chi connectivity index (χ0) is 34.3. The average molecular weight is 647 g/mol. The lowest BCUT2D eigenvalue weighted by Gasteiger charge is -2.28. The van der Waals surface area contributed by atoms with Gasteiger partial charge in [-0.1, -0.05) is 44.2 Å². The fraction of sp³-hybridized carbons (Fsp3) is 0.350. The van der Waals surface area contributed by atoms with E-state index in [1.807, 2.05) is 19.9 Å². The Hall–Kier alpha value is -4.98. The molecule has 0 spiro atoms. The third kappa shape index (κ3) is 5.96. The van der Waals surface area contributed by atoms with Crippen molar-refractivity contribution in [1.82, 2.24) is 20.3 Å². The zero-order valence-electron chi connectivity index (χ0n) is 28.7. The molecule has 2 aliphatic rings. The van der Waals surface area contributed by atoms with Gasteiger partial charge in [-0.3, -0.25) is 9.59 Å². The van der Waals surface area contributed by atoms with Crippen LogP contribution in [0.4, 0.5) is 0 Å². The normalized spacial score (nSPS) is 19.6. The van der Waals surface area contributed by atoms with E-state index < -0.39 is 11.9 Å². The smallest absolute Gasteiger partial charge is 0.303 e. The minimum absolute atomic E-state index is 0.00903. The number of carboxylic acids is 2. The lowest BCUT2D eigenvalue weighted by Crippen LogP contribution is -2.32. The van der Waals surface area contributed by atoms with Crippen LogP contribution in [0.15, 0.2) is 47.2 Å². The minimum Gasteiger partial charge on any atom is -0.481 e. The van der Waals surface area contributed by atoms with Gasteiger partial charge in [-0.25, -0.2) is 0 Å². The van der Waals surface area contributed by atoms with Crippen molar-refractivity contribution in [3.8, 4) is 0 Å². The molecule has 1 aromatic carbocycles. The van der Waals surface area contributed by atoms with Crippen LogP contribution in [0.25, 0.3) is 18.2 Å². The molecule has 0 saturated heterocycles. The topological polar surface area (TPSA) is 134 Å². The Labute approximate surface area is 281 Å². The van der Waals surface area contributed by atoms with Gasteiger partial charge in [0.25, 0.3) is 0 Å². The summed E-state index contributed by atoms with van der Waals surface area (Å²) < 4.78 is 0. The number of carbonyl (C=O) groups is 2. The number of rotatable bonds is 9. The van der Waals surface area contributed by atoms with E-state index in [1.165, 1.54) is 33.5 Å². The number of benzene rings is 1. The summed E-state index contributed by atoms with van der Waals surface area (Å²) in [5, 5.41) is 24.9. The fourth-order valence-corrected chi connectivity index (χ4v) is 7.88. The van der Waals surface area contributed by atoms with Gasteiger partial charge in [0.2, 0.25) is 0 Å². The zero-order valence-corrected chi connectivity index (χ0v) is 28.7. The molecule has 0 aliphatic carbocycles.